The van der Waals surface area contributed by atoms with Gasteiger partial charge in [-0.05, 0) is 47.2 Å². The van der Waals surface area contributed by atoms with Gasteiger partial charge in [-0.2, -0.15) is 0 Å². The van der Waals surface area contributed by atoms with Crippen molar-refractivity contribution in [3.8, 4) is 0 Å². The van der Waals surface area contributed by atoms with Crippen molar-refractivity contribution >= 4 is 28.2 Å². The summed E-state index contributed by atoms with van der Waals surface area (Å²) < 4.78 is 6.27. The van der Waals surface area contributed by atoms with Crippen molar-refractivity contribution in [3.63, 3.8) is 0 Å². The molecule has 3 aromatic carbocycles. The molecule has 4 rings (SSSR count). The lowest BCUT2D eigenvalue weighted by Gasteiger charge is -2.14. The molecular weight excluding hydrogens is 340 g/mol. The van der Waals surface area contributed by atoms with Crippen molar-refractivity contribution in [1.82, 2.24) is 0 Å². The number of nitrogens with zero attached hydrogens (tertiary/aromatic N) is 1. The van der Waals surface area contributed by atoms with Gasteiger partial charge in [-0.15, -0.1) is 11.8 Å². The van der Waals surface area contributed by atoms with Crippen LogP contribution in [0, 0.1) is 0 Å². The van der Waals surface area contributed by atoms with Gasteiger partial charge in [-0.3, -0.25) is 0 Å². The van der Waals surface area contributed by atoms with Gasteiger partial charge in [0.15, 0.2) is 0 Å². The van der Waals surface area contributed by atoms with Gasteiger partial charge in [0.1, 0.15) is 12.6 Å². The van der Waals surface area contributed by atoms with Crippen LogP contribution in [0.4, 0.5) is 5.69 Å². The van der Waals surface area contributed by atoms with Crippen LogP contribution >= 0.6 is 11.8 Å². The predicted molar refractivity (Wildman–Crippen MR) is 110 cm³/mol. The summed E-state index contributed by atoms with van der Waals surface area (Å²) in [5, 5.41) is 4.90. The molecule has 134 valence electrons. The van der Waals surface area contributed by atoms with E-state index in [1.165, 1.54) is 26.9 Å². The minimum absolute atomic E-state index is 0.119. The summed E-state index contributed by atoms with van der Waals surface area (Å²) in [5.74, 6) is 0.987. The van der Waals surface area contributed by atoms with Gasteiger partial charge in [0.25, 0.3) is 0 Å². The molecule has 3 aromatic rings. The number of nitrogens with two attached hydrogens (primary N) is 1. The summed E-state index contributed by atoms with van der Waals surface area (Å²) >= 11 is 1.88. The van der Waals surface area contributed by atoms with Crippen molar-refractivity contribution in [2.45, 2.75) is 17.2 Å². The molecule has 2 atom stereocenters. The molecule has 1 fully saturated rings. The maximum atomic E-state index is 6.27. The summed E-state index contributed by atoms with van der Waals surface area (Å²) in [6.07, 6.45) is 0.401. The van der Waals surface area contributed by atoms with Gasteiger partial charge in [0.2, 0.25) is 6.23 Å². The Hall–Kier alpha value is -2.01. The zero-order chi connectivity index (χ0) is 17.9. The van der Waals surface area contributed by atoms with Crippen LogP contribution in [0.2, 0.25) is 0 Å². The SMILES string of the molecule is CN(C)c1ccc([C@H]2[NH2+]C[C@@H](CSc3ccc4ccccc4c3)O2)cc1. The highest BCUT2D eigenvalue weighted by molar-refractivity contribution is 7.99. The molecule has 1 heterocycles. The van der Waals surface area contributed by atoms with Crippen LogP contribution in [-0.2, 0) is 4.74 Å². The lowest BCUT2D eigenvalue weighted by Crippen LogP contribution is -2.82. The van der Waals surface area contributed by atoms with Crippen LogP contribution in [0.3, 0.4) is 0 Å². The highest BCUT2D eigenvalue weighted by Crippen LogP contribution is 2.26. The number of hydrogen-bond acceptors (Lipinski definition) is 3. The molecule has 0 bridgehead atoms. The lowest BCUT2D eigenvalue weighted by atomic mass is 10.1. The van der Waals surface area contributed by atoms with E-state index in [1.807, 2.05) is 11.8 Å². The number of hydrogen-bond donors (Lipinski definition) is 1. The fourth-order valence-corrected chi connectivity index (χ4v) is 4.29. The van der Waals surface area contributed by atoms with Crippen LogP contribution in [-0.4, -0.2) is 32.5 Å². The van der Waals surface area contributed by atoms with Crippen molar-refractivity contribution < 1.29 is 10.1 Å². The Kier molecular flexibility index (Phi) is 5.16. The first-order valence-electron chi connectivity index (χ1n) is 9.07. The average molecular weight is 366 g/mol. The van der Waals surface area contributed by atoms with E-state index in [0.717, 1.165) is 12.3 Å². The molecule has 2 N–H and O–H groups in total. The van der Waals surface area contributed by atoms with Crippen molar-refractivity contribution in [3.05, 3.63) is 72.3 Å². The average Bonchev–Trinajstić information content (AvgIpc) is 3.15. The highest BCUT2D eigenvalue weighted by Gasteiger charge is 2.29. The fraction of sp³-hybridized carbons (Fsp3) is 0.273. The van der Waals surface area contributed by atoms with E-state index < -0.39 is 0 Å². The number of anilines is 1. The van der Waals surface area contributed by atoms with Crippen LogP contribution in [0.5, 0.6) is 0 Å². The van der Waals surface area contributed by atoms with Crippen LogP contribution in [0.1, 0.15) is 11.8 Å². The summed E-state index contributed by atoms with van der Waals surface area (Å²) in [7, 11) is 4.13. The molecule has 0 radical (unpaired) electrons. The van der Waals surface area contributed by atoms with Gasteiger partial charge < -0.3 is 15.0 Å². The maximum Gasteiger partial charge on any atom is 0.217 e. The molecule has 0 spiro atoms. The molecule has 0 amide bonds. The maximum absolute atomic E-state index is 6.27. The van der Waals surface area contributed by atoms with Crippen molar-refractivity contribution in [1.29, 1.82) is 0 Å². The van der Waals surface area contributed by atoms with Gasteiger partial charge in [-0.1, -0.05) is 30.3 Å². The largest absolute Gasteiger partial charge is 0.378 e. The summed E-state index contributed by atoms with van der Waals surface area (Å²) in [6, 6.07) is 23.9. The van der Waals surface area contributed by atoms with E-state index in [2.05, 4.69) is 91.0 Å². The Morgan fingerprint density at radius 1 is 1.00 bits per heavy atom. The molecule has 0 unspecified atom stereocenters. The van der Waals surface area contributed by atoms with Crippen LogP contribution in [0.15, 0.2) is 71.6 Å². The van der Waals surface area contributed by atoms with Crippen molar-refractivity contribution in [2.75, 3.05) is 31.3 Å². The Bertz CT molecular complexity index is 879. The van der Waals surface area contributed by atoms with E-state index in [4.69, 9.17) is 4.74 Å². The number of rotatable bonds is 5. The third-order valence-electron chi connectivity index (χ3n) is 4.85. The number of benzene rings is 3. The summed E-state index contributed by atoms with van der Waals surface area (Å²) in [6.45, 7) is 1.01. The quantitative estimate of drug-likeness (QED) is 0.700. The van der Waals surface area contributed by atoms with E-state index in [-0.39, 0.29) is 12.3 Å². The standard InChI is InChI=1S/C22H24N2OS/c1-24(2)19-10-7-17(8-11-19)22-23-14-20(25-22)15-26-21-12-9-16-5-3-4-6-18(16)13-21/h3-13,20,22-23H,14-15H2,1-2H3/p+1/t20-,22-/m0/s1. The van der Waals surface area contributed by atoms with Crippen LogP contribution in [0.25, 0.3) is 10.8 Å². The first-order chi connectivity index (χ1) is 12.7. The Morgan fingerprint density at radius 2 is 1.77 bits per heavy atom. The topological polar surface area (TPSA) is 29.1 Å². The van der Waals surface area contributed by atoms with E-state index in [0.29, 0.717) is 0 Å². The first-order valence-corrected chi connectivity index (χ1v) is 10.1. The molecule has 26 heavy (non-hydrogen) atoms. The molecule has 0 saturated carbocycles. The number of ether oxygens (including phenoxy) is 1. The zero-order valence-corrected chi connectivity index (χ0v) is 16.1. The molecule has 1 saturated heterocycles. The smallest absolute Gasteiger partial charge is 0.217 e. The van der Waals surface area contributed by atoms with E-state index >= 15 is 0 Å². The van der Waals surface area contributed by atoms with Gasteiger partial charge in [0, 0.05) is 36.0 Å². The molecule has 3 nitrogen and oxygen atoms in total. The number of quaternary nitrogens is 1. The Morgan fingerprint density at radius 3 is 2.54 bits per heavy atom. The predicted octanol–water partition coefficient (Wildman–Crippen LogP) is 3.66. The second-order valence-electron chi connectivity index (χ2n) is 6.96. The molecule has 0 aromatic heterocycles. The molecule has 0 aliphatic carbocycles. The van der Waals surface area contributed by atoms with Gasteiger partial charge in [-0.25, -0.2) is 0 Å². The first kappa shape index (κ1) is 17.4. The Balaban J connectivity index is 1.35. The minimum Gasteiger partial charge on any atom is -0.378 e. The molecule has 4 heteroatoms. The normalized spacial score (nSPS) is 19.8. The Labute approximate surface area is 159 Å². The van der Waals surface area contributed by atoms with Gasteiger partial charge in [0.05, 0.1) is 0 Å². The zero-order valence-electron chi connectivity index (χ0n) is 15.3. The number of fused-ring (bicyclic) bond motifs is 1. The van der Waals surface area contributed by atoms with E-state index in [1.54, 1.807) is 0 Å². The third-order valence-corrected chi connectivity index (χ3v) is 5.97. The molecular formula is C22H25N2OS+. The second-order valence-corrected chi connectivity index (χ2v) is 8.05. The summed E-state index contributed by atoms with van der Waals surface area (Å²) in [5.41, 5.74) is 2.46. The molecule has 1 aliphatic heterocycles. The summed E-state index contributed by atoms with van der Waals surface area (Å²) in [4.78, 5) is 3.43. The van der Waals surface area contributed by atoms with Gasteiger partial charge >= 0.3 is 0 Å². The monoisotopic (exact) mass is 365 g/mol. The lowest BCUT2D eigenvalue weighted by molar-refractivity contribution is -0.697. The van der Waals surface area contributed by atoms with Crippen molar-refractivity contribution in [2.24, 2.45) is 0 Å². The fourth-order valence-electron chi connectivity index (χ4n) is 3.32. The van der Waals surface area contributed by atoms with E-state index in [9.17, 15) is 0 Å². The van der Waals surface area contributed by atoms with Crippen LogP contribution < -0.4 is 10.2 Å². The molecule has 1 aliphatic rings. The minimum atomic E-state index is 0.119. The number of thioether (sulfide) groups is 1. The second kappa shape index (κ2) is 7.70. The highest BCUT2D eigenvalue weighted by atomic mass is 32.2. The third kappa shape index (κ3) is 3.88.